The second kappa shape index (κ2) is 5.13. The number of rotatable bonds is 0. The van der Waals surface area contributed by atoms with Crippen LogP contribution in [0.15, 0.2) is 10.2 Å². The maximum absolute atomic E-state index is 5.44. The first-order chi connectivity index (χ1) is 4.91. The molecule has 0 atom stereocenters. The highest BCUT2D eigenvalue weighted by atomic mass is 35.5. The van der Waals surface area contributed by atoms with Crippen molar-refractivity contribution in [2.75, 3.05) is 13.2 Å². The number of halogens is 2. The summed E-state index contributed by atoms with van der Waals surface area (Å²) in [7, 11) is 0. The number of azo groups is 1. The van der Waals surface area contributed by atoms with E-state index in [0.29, 0.717) is 13.2 Å². The van der Waals surface area contributed by atoms with Crippen molar-refractivity contribution in [3.8, 4) is 0 Å². The van der Waals surface area contributed by atoms with Crippen molar-refractivity contribution in [1.29, 1.82) is 0 Å². The van der Waals surface area contributed by atoms with Crippen LogP contribution in [0.5, 0.6) is 0 Å². The summed E-state index contributed by atoms with van der Waals surface area (Å²) in [5.74, 6) is 0. The fourth-order valence-corrected chi connectivity index (χ4v) is 0.879. The Hall–Kier alpha value is 0.140. The summed E-state index contributed by atoms with van der Waals surface area (Å²) in [6.45, 7) is 9.44. The summed E-state index contributed by atoms with van der Waals surface area (Å²) in [4.78, 5) is 0. The number of hydrogen-bond donors (Lipinski definition) is 0. The summed E-state index contributed by atoms with van der Waals surface area (Å²) in [5.41, 5.74) is -0.290. The van der Waals surface area contributed by atoms with E-state index in [1.807, 2.05) is 27.7 Å². The van der Waals surface area contributed by atoms with Gasteiger partial charge in [0.25, 0.3) is 0 Å². The molecule has 0 saturated heterocycles. The minimum Gasteiger partial charge on any atom is -0.376 e. The Kier molecular flexibility index (Phi) is 6.16. The highest BCUT2D eigenvalue weighted by Gasteiger charge is 2.26. The van der Waals surface area contributed by atoms with Crippen LogP contribution >= 0.6 is 24.8 Å². The molecule has 80 valence electrons. The minimum atomic E-state index is -0.145. The van der Waals surface area contributed by atoms with Crippen LogP contribution in [0.25, 0.3) is 0 Å². The van der Waals surface area contributed by atoms with Crippen molar-refractivity contribution in [1.82, 2.24) is 0 Å². The van der Waals surface area contributed by atoms with Crippen LogP contribution in [0.1, 0.15) is 27.7 Å². The third kappa shape index (κ3) is 5.45. The third-order valence-corrected chi connectivity index (χ3v) is 1.50. The van der Waals surface area contributed by atoms with E-state index in [0.717, 1.165) is 0 Å². The number of hydrogen-bond acceptors (Lipinski definition) is 3. The average Bonchev–Trinajstić information content (AvgIpc) is 1.92. The Morgan fingerprint density at radius 3 is 1.46 bits per heavy atom. The maximum Gasteiger partial charge on any atom is 0.0992 e. The van der Waals surface area contributed by atoms with Crippen LogP contribution in [0, 0.1) is 0 Å². The molecule has 0 amide bonds. The lowest BCUT2D eigenvalue weighted by Gasteiger charge is -2.14. The van der Waals surface area contributed by atoms with Crippen LogP contribution < -0.4 is 0 Å². The second-order valence-electron chi connectivity index (χ2n) is 4.32. The second-order valence-corrected chi connectivity index (χ2v) is 4.32. The van der Waals surface area contributed by atoms with Gasteiger partial charge in [-0.15, -0.1) is 24.8 Å². The molecule has 13 heavy (non-hydrogen) atoms. The molecule has 0 aromatic heterocycles. The monoisotopic (exact) mass is 228 g/mol. The van der Waals surface area contributed by atoms with E-state index < -0.39 is 0 Å². The van der Waals surface area contributed by atoms with Gasteiger partial charge in [0, 0.05) is 0 Å². The molecule has 5 heteroatoms. The first-order valence-electron chi connectivity index (χ1n) is 3.93. The summed E-state index contributed by atoms with van der Waals surface area (Å²) in [6, 6.07) is 0. The van der Waals surface area contributed by atoms with E-state index >= 15 is 0 Å². The Balaban J connectivity index is 0. The van der Waals surface area contributed by atoms with E-state index in [-0.39, 0.29) is 35.9 Å². The molecule has 1 aliphatic heterocycles. The van der Waals surface area contributed by atoms with Gasteiger partial charge in [-0.2, -0.15) is 10.2 Å². The van der Waals surface area contributed by atoms with Crippen LogP contribution in [0.2, 0.25) is 0 Å². The molecular weight excluding hydrogens is 211 g/mol. The first kappa shape index (κ1) is 15.6. The summed E-state index contributed by atoms with van der Waals surface area (Å²) in [5, 5.41) is 8.42. The van der Waals surface area contributed by atoms with E-state index in [1.165, 1.54) is 0 Å². The zero-order valence-electron chi connectivity index (χ0n) is 8.53. The lowest BCUT2D eigenvalue weighted by atomic mass is 10.1. The Morgan fingerprint density at radius 1 is 0.846 bits per heavy atom. The quantitative estimate of drug-likeness (QED) is 0.628. The molecule has 0 saturated carbocycles. The van der Waals surface area contributed by atoms with Gasteiger partial charge in [-0.25, -0.2) is 0 Å². The largest absolute Gasteiger partial charge is 0.376 e. The molecule has 0 spiro atoms. The Morgan fingerprint density at radius 2 is 1.15 bits per heavy atom. The van der Waals surface area contributed by atoms with Crippen LogP contribution in [0.4, 0.5) is 0 Å². The van der Waals surface area contributed by atoms with Gasteiger partial charge in [-0.3, -0.25) is 0 Å². The van der Waals surface area contributed by atoms with Gasteiger partial charge < -0.3 is 4.74 Å². The predicted octanol–water partition coefficient (Wildman–Crippen LogP) is 2.87. The molecule has 1 heterocycles. The van der Waals surface area contributed by atoms with Gasteiger partial charge in [0.15, 0.2) is 0 Å². The summed E-state index contributed by atoms with van der Waals surface area (Å²) in [6.07, 6.45) is 0. The van der Waals surface area contributed by atoms with E-state index in [1.54, 1.807) is 0 Å². The number of ether oxygens (including phenoxy) is 1. The standard InChI is InChI=1S/C8H16N2O.2ClH/c1-7(2)5-11-6-8(3,4)10-9-7;;/h5-6H2,1-4H3;2*1H. The highest BCUT2D eigenvalue weighted by molar-refractivity contribution is 5.85. The predicted molar refractivity (Wildman–Crippen MR) is 58.3 cm³/mol. The van der Waals surface area contributed by atoms with E-state index in [2.05, 4.69) is 10.2 Å². The van der Waals surface area contributed by atoms with Crippen LogP contribution in [-0.2, 0) is 4.74 Å². The molecule has 0 fully saturated rings. The van der Waals surface area contributed by atoms with Gasteiger partial charge in [-0.1, -0.05) is 0 Å². The molecule has 0 aliphatic carbocycles. The fraction of sp³-hybridized carbons (Fsp3) is 1.00. The molecule has 3 nitrogen and oxygen atoms in total. The molecule has 0 aromatic rings. The van der Waals surface area contributed by atoms with Crippen molar-refractivity contribution in [2.45, 2.75) is 38.8 Å². The third-order valence-electron chi connectivity index (χ3n) is 1.50. The maximum atomic E-state index is 5.44. The normalized spacial score (nSPS) is 23.7. The first-order valence-corrected chi connectivity index (χ1v) is 3.93. The SMILES string of the molecule is CC1(C)COCC(C)(C)N=N1.Cl.Cl. The lowest BCUT2D eigenvalue weighted by Crippen LogP contribution is -2.25. The smallest absolute Gasteiger partial charge is 0.0992 e. The van der Waals surface area contributed by atoms with E-state index in [9.17, 15) is 0 Å². The lowest BCUT2D eigenvalue weighted by molar-refractivity contribution is 0.0850. The molecule has 0 unspecified atom stereocenters. The molecule has 1 rings (SSSR count). The van der Waals surface area contributed by atoms with Crippen LogP contribution in [0.3, 0.4) is 0 Å². The van der Waals surface area contributed by atoms with Gasteiger partial charge in [-0.05, 0) is 27.7 Å². The van der Waals surface area contributed by atoms with Crippen molar-refractivity contribution >= 4 is 24.8 Å². The minimum absolute atomic E-state index is 0. The molecule has 0 radical (unpaired) electrons. The van der Waals surface area contributed by atoms with Crippen LogP contribution in [-0.4, -0.2) is 24.3 Å². The average molecular weight is 229 g/mol. The van der Waals surface area contributed by atoms with Crippen molar-refractivity contribution in [3.63, 3.8) is 0 Å². The summed E-state index contributed by atoms with van der Waals surface area (Å²) < 4.78 is 5.44. The zero-order chi connectivity index (χ0) is 8.54. The zero-order valence-corrected chi connectivity index (χ0v) is 10.2. The van der Waals surface area contributed by atoms with Gasteiger partial charge in [0.05, 0.1) is 24.3 Å². The molecule has 0 aromatic carbocycles. The van der Waals surface area contributed by atoms with E-state index in [4.69, 9.17) is 4.74 Å². The Labute approximate surface area is 92.2 Å². The molecule has 1 aliphatic rings. The molecular formula is C8H18Cl2N2O. The van der Waals surface area contributed by atoms with Crippen molar-refractivity contribution in [2.24, 2.45) is 10.2 Å². The van der Waals surface area contributed by atoms with Gasteiger partial charge in [0.1, 0.15) is 0 Å². The van der Waals surface area contributed by atoms with Gasteiger partial charge >= 0.3 is 0 Å². The van der Waals surface area contributed by atoms with Gasteiger partial charge in [0.2, 0.25) is 0 Å². The molecule has 0 bridgehead atoms. The number of nitrogens with zero attached hydrogens (tertiary/aromatic N) is 2. The van der Waals surface area contributed by atoms with Crippen molar-refractivity contribution < 1.29 is 4.74 Å². The fourth-order valence-electron chi connectivity index (χ4n) is 0.879. The highest BCUT2D eigenvalue weighted by Crippen LogP contribution is 2.20. The topological polar surface area (TPSA) is 34.0 Å². The molecule has 0 N–H and O–H groups in total. The Bertz CT molecular complexity index is 163. The summed E-state index contributed by atoms with van der Waals surface area (Å²) >= 11 is 0. The van der Waals surface area contributed by atoms with Crippen molar-refractivity contribution in [3.05, 3.63) is 0 Å².